The quantitative estimate of drug-likeness (QED) is 0.719. The Bertz CT molecular complexity index is 322. The lowest BCUT2D eigenvalue weighted by Crippen LogP contribution is -2.33. The SMILES string of the molecule is CCOC(=O)C(N)CCn1ccc(C)n1. The maximum absolute atomic E-state index is 11.2. The van der Waals surface area contributed by atoms with E-state index in [9.17, 15) is 4.79 Å². The van der Waals surface area contributed by atoms with Crippen LogP contribution in [0.5, 0.6) is 0 Å². The van der Waals surface area contributed by atoms with Gasteiger partial charge in [-0.2, -0.15) is 5.10 Å². The smallest absolute Gasteiger partial charge is 0.322 e. The third kappa shape index (κ3) is 3.71. The van der Waals surface area contributed by atoms with Gasteiger partial charge >= 0.3 is 5.97 Å². The normalized spacial score (nSPS) is 12.5. The van der Waals surface area contributed by atoms with E-state index in [1.54, 1.807) is 11.6 Å². The second-order valence-corrected chi connectivity index (χ2v) is 3.37. The summed E-state index contributed by atoms with van der Waals surface area (Å²) in [5, 5.41) is 4.20. The van der Waals surface area contributed by atoms with Crippen molar-refractivity contribution < 1.29 is 9.53 Å². The number of esters is 1. The predicted molar refractivity (Wildman–Crippen MR) is 56.2 cm³/mol. The highest BCUT2D eigenvalue weighted by Gasteiger charge is 2.14. The molecular formula is C10H17N3O2. The maximum Gasteiger partial charge on any atom is 0.322 e. The Hall–Kier alpha value is -1.36. The van der Waals surface area contributed by atoms with Crippen LogP contribution in [0.25, 0.3) is 0 Å². The molecule has 0 aliphatic heterocycles. The van der Waals surface area contributed by atoms with Crippen molar-refractivity contribution in [2.45, 2.75) is 32.9 Å². The average molecular weight is 211 g/mol. The van der Waals surface area contributed by atoms with Gasteiger partial charge in [0, 0.05) is 12.7 Å². The number of rotatable bonds is 5. The molecule has 84 valence electrons. The first-order valence-corrected chi connectivity index (χ1v) is 5.05. The Morgan fingerprint density at radius 1 is 1.73 bits per heavy atom. The van der Waals surface area contributed by atoms with Gasteiger partial charge in [0.05, 0.1) is 12.3 Å². The average Bonchev–Trinajstić information content (AvgIpc) is 2.61. The van der Waals surface area contributed by atoms with Crippen molar-refractivity contribution in [1.82, 2.24) is 9.78 Å². The summed E-state index contributed by atoms with van der Waals surface area (Å²) in [6.45, 7) is 4.69. The number of hydrogen-bond acceptors (Lipinski definition) is 4. The molecule has 1 heterocycles. The Kier molecular flexibility index (Phi) is 4.30. The number of nitrogens with two attached hydrogens (primary N) is 1. The summed E-state index contributed by atoms with van der Waals surface area (Å²) in [6.07, 6.45) is 2.41. The first-order valence-electron chi connectivity index (χ1n) is 5.05. The Morgan fingerprint density at radius 2 is 2.47 bits per heavy atom. The molecule has 0 fully saturated rings. The second kappa shape index (κ2) is 5.50. The maximum atomic E-state index is 11.2. The van der Waals surface area contributed by atoms with Crippen LogP contribution < -0.4 is 5.73 Å². The van der Waals surface area contributed by atoms with E-state index >= 15 is 0 Å². The molecule has 15 heavy (non-hydrogen) atoms. The highest BCUT2D eigenvalue weighted by atomic mass is 16.5. The lowest BCUT2D eigenvalue weighted by Gasteiger charge is -2.09. The summed E-state index contributed by atoms with van der Waals surface area (Å²) in [5.41, 5.74) is 6.60. The number of carbonyl (C=O) groups excluding carboxylic acids is 1. The van der Waals surface area contributed by atoms with Crippen LogP contribution in [0.3, 0.4) is 0 Å². The molecule has 0 radical (unpaired) electrons. The fourth-order valence-corrected chi connectivity index (χ4v) is 1.23. The number of aryl methyl sites for hydroxylation is 2. The topological polar surface area (TPSA) is 70.1 Å². The molecule has 0 spiro atoms. The highest BCUT2D eigenvalue weighted by Crippen LogP contribution is 1.98. The largest absolute Gasteiger partial charge is 0.465 e. The molecule has 2 N–H and O–H groups in total. The first-order chi connectivity index (χ1) is 7.13. The van der Waals surface area contributed by atoms with Gasteiger partial charge in [-0.3, -0.25) is 9.48 Å². The van der Waals surface area contributed by atoms with Crippen LogP contribution in [0.15, 0.2) is 12.3 Å². The number of ether oxygens (including phenoxy) is 1. The molecule has 0 amide bonds. The van der Waals surface area contributed by atoms with E-state index in [0.29, 0.717) is 19.6 Å². The van der Waals surface area contributed by atoms with Crippen LogP contribution in [-0.4, -0.2) is 28.4 Å². The fraction of sp³-hybridized carbons (Fsp3) is 0.600. The summed E-state index contributed by atoms with van der Waals surface area (Å²) in [4.78, 5) is 11.2. The summed E-state index contributed by atoms with van der Waals surface area (Å²) in [7, 11) is 0. The Balaban J connectivity index is 2.33. The third-order valence-electron chi connectivity index (χ3n) is 2.03. The number of aromatic nitrogens is 2. The fourth-order valence-electron chi connectivity index (χ4n) is 1.23. The van der Waals surface area contributed by atoms with Crippen molar-refractivity contribution >= 4 is 5.97 Å². The molecule has 1 unspecified atom stereocenters. The molecule has 0 saturated heterocycles. The molecule has 5 nitrogen and oxygen atoms in total. The van der Waals surface area contributed by atoms with Gasteiger partial charge in [0.25, 0.3) is 0 Å². The predicted octanol–water partition coefficient (Wildman–Crippen LogP) is 0.472. The van der Waals surface area contributed by atoms with Gasteiger partial charge in [0.15, 0.2) is 0 Å². The van der Waals surface area contributed by atoms with Gasteiger partial charge in [-0.15, -0.1) is 0 Å². The molecule has 1 aromatic rings. The zero-order valence-corrected chi connectivity index (χ0v) is 9.14. The van der Waals surface area contributed by atoms with Gasteiger partial charge in [0.1, 0.15) is 6.04 Å². The first kappa shape index (κ1) is 11.7. The van der Waals surface area contributed by atoms with Crippen LogP contribution in [-0.2, 0) is 16.1 Å². The van der Waals surface area contributed by atoms with E-state index in [0.717, 1.165) is 5.69 Å². The minimum atomic E-state index is -0.561. The van der Waals surface area contributed by atoms with Gasteiger partial charge in [0.2, 0.25) is 0 Å². The van der Waals surface area contributed by atoms with Crippen molar-refractivity contribution in [2.75, 3.05) is 6.61 Å². The van der Waals surface area contributed by atoms with E-state index in [2.05, 4.69) is 5.10 Å². The van der Waals surface area contributed by atoms with Crippen LogP contribution in [0.2, 0.25) is 0 Å². The van der Waals surface area contributed by atoms with E-state index in [1.165, 1.54) is 0 Å². The van der Waals surface area contributed by atoms with E-state index in [1.807, 2.05) is 19.2 Å². The Labute approximate surface area is 89.2 Å². The summed E-state index contributed by atoms with van der Waals surface area (Å²) < 4.78 is 6.58. The minimum Gasteiger partial charge on any atom is -0.465 e. The van der Waals surface area contributed by atoms with Crippen molar-refractivity contribution in [1.29, 1.82) is 0 Å². The van der Waals surface area contributed by atoms with E-state index in [4.69, 9.17) is 10.5 Å². The number of carbonyl (C=O) groups is 1. The van der Waals surface area contributed by atoms with E-state index < -0.39 is 6.04 Å². The van der Waals surface area contributed by atoms with Crippen molar-refractivity contribution in [2.24, 2.45) is 5.73 Å². The molecule has 0 aromatic carbocycles. The zero-order chi connectivity index (χ0) is 11.3. The zero-order valence-electron chi connectivity index (χ0n) is 9.14. The van der Waals surface area contributed by atoms with Crippen LogP contribution in [0, 0.1) is 6.92 Å². The summed E-state index contributed by atoms with van der Waals surface area (Å²) >= 11 is 0. The molecule has 0 aliphatic rings. The molecule has 0 aliphatic carbocycles. The van der Waals surface area contributed by atoms with E-state index in [-0.39, 0.29) is 5.97 Å². The lowest BCUT2D eigenvalue weighted by atomic mass is 10.2. The number of nitrogens with zero attached hydrogens (tertiary/aromatic N) is 2. The molecule has 1 aromatic heterocycles. The lowest BCUT2D eigenvalue weighted by molar-refractivity contribution is -0.144. The van der Waals surface area contributed by atoms with Crippen molar-refractivity contribution in [3.63, 3.8) is 0 Å². The highest BCUT2D eigenvalue weighted by molar-refractivity contribution is 5.75. The van der Waals surface area contributed by atoms with Crippen LogP contribution in [0.1, 0.15) is 19.0 Å². The van der Waals surface area contributed by atoms with Crippen molar-refractivity contribution in [3.8, 4) is 0 Å². The van der Waals surface area contributed by atoms with Crippen LogP contribution >= 0.6 is 0 Å². The number of hydrogen-bond donors (Lipinski definition) is 1. The second-order valence-electron chi connectivity index (χ2n) is 3.37. The molecular weight excluding hydrogens is 194 g/mol. The van der Waals surface area contributed by atoms with Crippen molar-refractivity contribution in [3.05, 3.63) is 18.0 Å². The standard InChI is InChI=1S/C10H17N3O2/c1-3-15-10(14)9(11)5-7-13-6-4-8(2)12-13/h4,6,9H,3,5,7,11H2,1-2H3. The monoisotopic (exact) mass is 211 g/mol. The minimum absolute atomic E-state index is 0.346. The molecule has 0 saturated carbocycles. The molecule has 0 bridgehead atoms. The Morgan fingerprint density at radius 3 is 3.00 bits per heavy atom. The molecule has 1 rings (SSSR count). The van der Waals surface area contributed by atoms with Crippen LogP contribution in [0.4, 0.5) is 0 Å². The van der Waals surface area contributed by atoms with Gasteiger partial charge in [-0.25, -0.2) is 0 Å². The van der Waals surface area contributed by atoms with Gasteiger partial charge < -0.3 is 10.5 Å². The summed E-state index contributed by atoms with van der Waals surface area (Å²) in [6, 6.07) is 1.35. The van der Waals surface area contributed by atoms with Gasteiger partial charge in [-0.05, 0) is 26.3 Å². The molecule has 1 atom stereocenters. The molecule has 5 heteroatoms. The summed E-state index contributed by atoms with van der Waals surface area (Å²) in [5.74, 6) is -0.346. The van der Waals surface area contributed by atoms with Gasteiger partial charge in [-0.1, -0.05) is 0 Å². The third-order valence-corrected chi connectivity index (χ3v) is 2.03.